The molecule has 0 aromatic heterocycles. The van der Waals surface area contributed by atoms with Gasteiger partial charge in [0.1, 0.15) is 5.82 Å². The second-order valence-corrected chi connectivity index (χ2v) is 7.38. The number of halogens is 5. The van der Waals surface area contributed by atoms with Gasteiger partial charge in [-0.1, -0.05) is 77.6 Å². The Labute approximate surface area is 154 Å². The molecule has 0 saturated heterocycles. The Bertz CT molecular complexity index is 627. The van der Waals surface area contributed by atoms with Gasteiger partial charge in [0.15, 0.2) is 0 Å². The maximum atomic E-state index is 13.3. The lowest BCUT2D eigenvalue weighted by molar-refractivity contribution is 0.548. The number of hydrogen-bond acceptors (Lipinski definition) is 0. The van der Waals surface area contributed by atoms with Crippen LogP contribution >= 0.6 is 59.4 Å². The van der Waals surface area contributed by atoms with Crippen molar-refractivity contribution in [3.05, 3.63) is 68.9 Å². The molecule has 2 rings (SSSR count). The topological polar surface area (TPSA) is 0 Å². The van der Waals surface area contributed by atoms with Crippen LogP contribution in [0.4, 0.5) is 4.39 Å². The summed E-state index contributed by atoms with van der Waals surface area (Å²) < 4.78 is 14.0. The van der Waals surface area contributed by atoms with Gasteiger partial charge in [0, 0.05) is 25.6 Å². The molecule has 0 saturated carbocycles. The first-order valence-corrected chi connectivity index (χ1v) is 9.74. The second kappa shape index (κ2) is 7.58. The molecule has 21 heavy (non-hydrogen) atoms. The minimum absolute atomic E-state index is 0.148. The first-order valence-electron chi connectivity index (χ1n) is 6.33. The van der Waals surface area contributed by atoms with Gasteiger partial charge in [0.25, 0.3) is 0 Å². The highest BCUT2D eigenvalue weighted by atomic mass is 79.9. The van der Waals surface area contributed by atoms with Crippen LogP contribution in [0.1, 0.15) is 11.1 Å². The van der Waals surface area contributed by atoms with E-state index in [1.54, 1.807) is 0 Å². The number of alkyl halides is 2. The third-order valence-corrected chi connectivity index (χ3v) is 6.61. The minimum atomic E-state index is -0.239. The van der Waals surface area contributed by atoms with Gasteiger partial charge in [0.2, 0.25) is 0 Å². The van der Waals surface area contributed by atoms with E-state index in [0.29, 0.717) is 0 Å². The molecule has 0 aliphatic rings. The molecule has 0 radical (unpaired) electrons. The maximum Gasteiger partial charge on any atom is 0.124 e. The summed E-state index contributed by atoms with van der Waals surface area (Å²) in [6, 6.07) is 12.7. The molecule has 0 nitrogen and oxygen atoms in total. The zero-order valence-electron chi connectivity index (χ0n) is 11.1. The van der Waals surface area contributed by atoms with E-state index in [9.17, 15) is 4.39 Å². The molecule has 0 amide bonds. The molecular formula is C16H13Br3ClF. The van der Waals surface area contributed by atoms with Gasteiger partial charge < -0.3 is 0 Å². The van der Waals surface area contributed by atoms with Gasteiger partial charge >= 0.3 is 0 Å². The molecular weight excluding hydrogens is 486 g/mol. The van der Waals surface area contributed by atoms with Crippen LogP contribution < -0.4 is 0 Å². The van der Waals surface area contributed by atoms with Crippen molar-refractivity contribution in [3.63, 3.8) is 0 Å². The van der Waals surface area contributed by atoms with Crippen LogP contribution in [0.3, 0.4) is 0 Å². The van der Waals surface area contributed by atoms with Gasteiger partial charge in [0.05, 0.1) is 0 Å². The van der Waals surface area contributed by atoms with Crippen molar-refractivity contribution >= 4 is 59.4 Å². The van der Waals surface area contributed by atoms with Crippen molar-refractivity contribution in [3.8, 4) is 0 Å². The largest absolute Gasteiger partial charge is 0.207 e. The van der Waals surface area contributed by atoms with Crippen molar-refractivity contribution in [2.75, 3.05) is 10.7 Å². The number of rotatable bonds is 5. The monoisotopic (exact) mass is 496 g/mol. The minimum Gasteiger partial charge on any atom is -0.207 e. The highest BCUT2D eigenvalue weighted by molar-refractivity contribution is 9.10. The summed E-state index contributed by atoms with van der Waals surface area (Å²) in [6.45, 7) is 0. The zero-order chi connectivity index (χ0) is 15.5. The fourth-order valence-electron chi connectivity index (χ4n) is 2.23. The van der Waals surface area contributed by atoms with Crippen molar-refractivity contribution in [2.24, 2.45) is 0 Å². The summed E-state index contributed by atoms with van der Waals surface area (Å²) in [5.41, 5.74) is 2.07. The Morgan fingerprint density at radius 3 is 2.33 bits per heavy atom. The number of hydrogen-bond donors (Lipinski definition) is 0. The summed E-state index contributed by atoms with van der Waals surface area (Å²) >= 11 is 16.8. The lowest BCUT2D eigenvalue weighted by atomic mass is 9.79. The van der Waals surface area contributed by atoms with Crippen LogP contribution in [0, 0.1) is 5.82 Å². The van der Waals surface area contributed by atoms with Crippen LogP contribution in [0.15, 0.2) is 46.9 Å². The van der Waals surface area contributed by atoms with Crippen LogP contribution in [-0.2, 0) is 11.8 Å². The fourth-order valence-corrected chi connectivity index (χ4v) is 4.89. The Morgan fingerprint density at radius 2 is 1.76 bits per heavy atom. The average molecular weight is 499 g/mol. The van der Waals surface area contributed by atoms with Crippen molar-refractivity contribution < 1.29 is 4.39 Å². The van der Waals surface area contributed by atoms with E-state index in [1.165, 1.54) is 12.1 Å². The molecule has 0 aliphatic carbocycles. The van der Waals surface area contributed by atoms with E-state index in [0.717, 1.165) is 37.7 Å². The van der Waals surface area contributed by atoms with E-state index >= 15 is 0 Å². The molecule has 2 aromatic carbocycles. The van der Waals surface area contributed by atoms with E-state index < -0.39 is 0 Å². The Balaban J connectivity index is 2.43. The normalized spacial score (nSPS) is 11.7. The smallest absolute Gasteiger partial charge is 0.124 e. The third-order valence-electron chi connectivity index (χ3n) is 3.49. The Hall–Kier alpha value is 0.1000. The van der Waals surface area contributed by atoms with Crippen LogP contribution in [0.5, 0.6) is 0 Å². The molecule has 0 spiro atoms. The van der Waals surface area contributed by atoms with E-state index in [4.69, 9.17) is 11.6 Å². The van der Waals surface area contributed by atoms with Gasteiger partial charge in [-0.2, -0.15) is 0 Å². The zero-order valence-corrected chi connectivity index (χ0v) is 16.6. The first kappa shape index (κ1) is 17.5. The number of benzene rings is 2. The van der Waals surface area contributed by atoms with Gasteiger partial charge in [-0.15, -0.1) is 0 Å². The standard InChI is InChI=1S/C16H13Br3ClF/c17-9-16(10-18,12-2-1-3-13(20)6-12)8-11-4-5-14(21)7-15(11)19/h1-7H,8-10H2. The van der Waals surface area contributed by atoms with Crippen molar-refractivity contribution in [1.29, 1.82) is 0 Å². The summed E-state index contributed by atoms with van der Waals surface area (Å²) in [6.07, 6.45) is 0.769. The summed E-state index contributed by atoms with van der Waals surface area (Å²) in [5, 5.41) is 2.27. The van der Waals surface area contributed by atoms with Crippen LogP contribution in [0.2, 0.25) is 5.02 Å². The third kappa shape index (κ3) is 4.10. The molecule has 112 valence electrons. The maximum absolute atomic E-state index is 13.3. The fraction of sp³-hybridized carbons (Fsp3) is 0.250. The molecule has 2 aromatic rings. The van der Waals surface area contributed by atoms with Crippen LogP contribution in [-0.4, -0.2) is 10.7 Å². The quantitative estimate of drug-likeness (QED) is 0.412. The summed E-state index contributed by atoms with van der Waals surface area (Å²) in [4.78, 5) is 0. The lowest BCUT2D eigenvalue weighted by Crippen LogP contribution is -2.33. The van der Waals surface area contributed by atoms with Gasteiger partial charge in [-0.05, 0) is 41.8 Å². The van der Waals surface area contributed by atoms with E-state index in [1.807, 2.05) is 24.3 Å². The highest BCUT2D eigenvalue weighted by Crippen LogP contribution is 2.36. The van der Waals surface area contributed by atoms with Gasteiger partial charge in [-0.25, -0.2) is 4.39 Å². The molecule has 5 heteroatoms. The van der Waals surface area contributed by atoms with E-state index in [2.05, 4.69) is 53.9 Å². The Kier molecular flexibility index (Phi) is 6.30. The van der Waals surface area contributed by atoms with Crippen molar-refractivity contribution in [2.45, 2.75) is 11.8 Å². The summed E-state index contributed by atoms with van der Waals surface area (Å²) in [7, 11) is 0. The molecule has 0 atom stereocenters. The summed E-state index contributed by atoms with van der Waals surface area (Å²) in [5.74, 6) is -0.239. The predicted octanol–water partition coefficient (Wildman–Crippen LogP) is 6.51. The molecule has 0 N–H and O–H groups in total. The first-order chi connectivity index (χ1) is 10.0. The molecule has 0 fully saturated rings. The predicted molar refractivity (Wildman–Crippen MR) is 98.5 cm³/mol. The van der Waals surface area contributed by atoms with Crippen molar-refractivity contribution in [1.82, 2.24) is 0 Å². The van der Waals surface area contributed by atoms with E-state index in [-0.39, 0.29) is 11.2 Å². The molecule has 0 bridgehead atoms. The second-order valence-electron chi connectivity index (χ2n) is 4.97. The molecule has 0 heterocycles. The molecule has 0 unspecified atom stereocenters. The van der Waals surface area contributed by atoms with Crippen LogP contribution in [0.25, 0.3) is 0 Å². The lowest BCUT2D eigenvalue weighted by Gasteiger charge is -2.31. The highest BCUT2D eigenvalue weighted by Gasteiger charge is 2.31. The average Bonchev–Trinajstić information content (AvgIpc) is 2.47. The Morgan fingerprint density at radius 1 is 1.05 bits per heavy atom. The SMILES string of the molecule is Fc1ccc(CC(CBr)(CBr)c2cccc(Cl)c2)c(Br)c1. The van der Waals surface area contributed by atoms with Gasteiger partial charge in [-0.3, -0.25) is 0 Å². The molecule has 0 aliphatic heterocycles.